The summed E-state index contributed by atoms with van der Waals surface area (Å²) in [5, 5.41) is 3.65. The molecule has 1 aliphatic heterocycles. The molecule has 0 bridgehead atoms. The second kappa shape index (κ2) is 13.4. The van der Waals surface area contributed by atoms with Crippen molar-refractivity contribution in [3.63, 3.8) is 0 Å². The van der Waals surface area contributed by atoms with E-state index in [0.717, 1.165) is 28.2 Å². The van der Waals surface area contributed by atoms with E-state index in [9.17, 15) is 0 Å². The van der Waals surface area contributed by atoms with Crippen LogP contribution in [0.1, 0.15) is 130 Å². The minimum Gasteiger partial charge on any atom is -0.658 e. The van der Waals surface area contributed by atoms with E-state index in [-0.39, 0.29) is 42.7 Å². The molecule has 0 atom stereocenters. The molecule has 5 nitrogen and oxygen atoms in total. The van der Waals surface area contributed by atoms with Crippen molar-refractivity contribution in [3.8, 4) is 17.2 Å². The maximum atomic E-state index is 5.04. The molecule has 0 amide bonds. The molecular formula is C47H55N5Pt. The first-order valence-corrected chi connectivity index (χ1v) is 18.9. The monoisotopic (exact) mass is 884 g/mol. The van der Waals surface area contributed by atoms with E-state index in [1.807, 2.05) is 12.3 Å². The molecule has 0 N–H and O–H groups in total. The van der Waals surface area contributed by atoms with E-state index in [2.05, 4.69) is 178 Å². The van der Waals surface area contributed by atoms with E-state index >= 15 is 0 Å². The van der Waals surface area contributed by atoms with Crippen LogP contribution < -0.4 is 4.98 Å². The molecule has 53 heavy (non-hydrogen) atoms. The Bertz CT molecular complexity index is 2410. The molecular weight excluding hydrogens is 830 g/mol. The molecule has 4 aromatic heterocycles. The second-order valence-corrected chi connectivity index (χ2v) is 18.0. The van der Waals surface area contributed by atoms with Gasteiger partial charge in [-0.1, -0.05) is 150 Å². The van der Waals surface area contributed by atoms with Gasteiger partial charge in [0.25, 0.3) is 0 Å². The SMILES string of the molecule is CC(C)c1cccc(C(C)C)c1-n1ccnc1-c1ccc(C(C)(C)C(C)(C)C)[n-]1.CC1(C)c2cccc3c4ccc[c-]c4c4ncc(n4c23)C1(C)C.[Pt+2]. The van der Waals surface area contributed by atoms with Gasteiger partial charge in [-0.25, -0.2) is 4.98 Å². The molecule has 0 radical (unpaired) electrons. The Hall–Kier alpha value is -3.95. The number of para-hydroxylation sites is 2. The van der Waals surface area contributed by atoms with Crippen molar-refractivity contribution in [2.45, 2.75) is 118 Å². The molecule has 0 saturated heterocycles. The standard InChI is InChI=1S/C26H36N3.C21H19N2.Pt/c1-17(2)19-11-10-12-20(18(3)4)23(19)29-16-15-27-24(29)21-13-14-22(28-21)26(8,9)25(5,6)7;1-20(2)16-11-7-10-14-13-8-5-6-9-15(13)19-22-12-17(21(20,3)4)23(19)18(14)16;/h10-18H,1-9H3;5-8,10-12H,1-4H3;/q2*-1;+2. The van der Waals surface area contributed by atoms with Gasteiger partial charge < -0.3 is 14.0 Å². The van der Waals surface area contributed by atoms with E-state index in [1.165, 1.54) is 44.4 Å². The van der Waals surface area contributed by atoms with Crippen LogP contribution in [-0.2, 0) is 37.3 Å². The maximum absolute atomic E-state index is 5.04. The third kappa shape index (κ3) is 5.93. The molecule has 278 valence electrons. The van der Waals surface area contributed by atoms with E-state index < -0.39 is 0 Å². The average Bonchev–Trinajstić information content (AvgIpc) is 3.87. The molecule has 0 aliphatic carbocycles. The fraction of sp³-hybridized carbons (Fsp3) is 0.404. The number of aromatic nitrogens is 5. The number of hydrogen-bond donors (Lipinski definition) is 0. The van der Waals surface area contributed by atoms with Gasteiger partial charge in [0.2, 0.25) is 0 Å². The zero-order valence-electron chi connectivity index (χ0n) is 33.8. The molecule has 6 heteroatoms. The summed E-state index contributed by atoms with van der Waals surface area (Å²) in [6.07, 6.45) is 6.03. The topological polar surface area (TPSA) is 49.2 Å². The number of pyridine rings is 1. The Kier molecular flexibility index (Phi) is 9.81. The Labute approximate surface area is 330 Å². The molecule has 0 spiro atoms. The number of imidazole rings is 2. The summed E-state index contributed by atoms with van der Waals surface area (Å²) in [6, 6.07) is 27.3. The third-order valence-electron chi connectivity index (χ3n) is 12.9. The molecule has 0 unspecified atom stereocenters. The van der Waals surface area contributed by atoms with Crippen molar-refractivity contribution < 1.29 is 21.1 Å². The first-order chi connectivity index (χ1) is 24.4. The van der Waals surface area contributed by atoms with E-state index in [1.54, 1.807) is 0 Å². The summed E-state index contributed by atoms with van der Waals surface area (Å²) in [6.45, 7) is 29.8. The number of rotatable bonds is 5. The van der Waals surface area contributed by atoms with E-state index in [4.69, 9.17) is 15.0 Å². The Morgan fingerprint density at radius 1 is 0.755 bits per heavy atom. The van der Waals surface area contributed by atoms with Gasteiger partial charge in [0, 0.05) is 40.6 Å². The van der Waals surface area contributed by atoms with Gasteiger partial charge in [-0.3, -0.25) is 4.98 Å². The molecule has 0 fully saturated rings. The van der Waals surface area contributed by atoms with Crippen LogP contribution in [0, 0.1) is 11.5 Å². The van der Waals surface area contributed by atoms with Crippen LogP contribution in [0.5, 0.6) is 0 Å². The molecule has 8 rings (SSSR count). The summed E-state index contributed by atoms with van der Waals surface area (Å²) >= 11 is 0. The third-order valence-corrected chi connectivity index (χ3v) is 12.9. The van der Waals surface area contributed by atoms with Crippen LogP contribution in [-0.4, -0.2) is 18.9 Å². The number of fused-ring (bicyclic) bond motifs is 3. The van der Waals surface area contributed by atoms with Crippen molar-refractivity contribution in [2.24, 2.45) is 5.41 Å². The zero-order chi connectivity index (χ0) is 37.5. The van der Waals surface area contributed by atoms with Crippen LogP contribution in [0.15, 0.2) is 85.3 Å². The van der Waals surface area contributed by atoms with Crippen molar-refractivity contribution in [3.05, 3.63) is 119 Å². The summed E-state index contributed by atoms with van der Waals surface area (Å²) in [5.74, 6) is 1.78. The fourth-order valence-electron chi connectivity index (χ4n) is 7.89. The largest absolute Gasteiger partial charge is 2.00 e. The first-order valence-electron chi connectivity index (χ1n) is 18.9. The molecule has 3 aromatic carbocycles. The van der Waals surface area contributed by atoms with Crippen molar-refractivity contribution in [1.29, 1.82) is 0 Å². The van der Waals surface area contributed by atoms with Gasteiger partial charge in [-0.2, -0.15) is 5.69 Å². The Morgan fingerprint density at radius 2 is 1.40 bits per heavy atom. The van der Waals surface area contributed by atoms with Crippen molar-refractivity contribution in [1.82, 2.24) is 23.9 Å². The Morgan fingerprint density at radius 3 is 2.04 bits per heavy atom. The smallest absolute Gasteiger partial charge is 0.658 e. The molecule has 1 aliphatic rings. The Balaban J connectivity index is 0.000000182. The zero-order valence-corrected chi connectivity index (χ0v) is 36.1. The summed E-state index contributed by atoms with van der Waals surface area (Å²) in [5.41, 5.74) is 11.2. The van der Waals surface area contributed by atoms with Crippen LogP contribution in [0.2, 0.25) is 0 Å². The van der Waals surface area contributed by atoms with Crippen molar-refractivity contribution >= 4 is 27.3 Å². The van der Waals surface area contributed by atoms with Gasteiger partial charge in [-0.15, -0.1) is 29.7 Å². The van der Waals surface area contributed by atoms with Gasteiger partial charge in [-0.05, 0) is 44.7 Å². The van der Waals surface area contributed by atoms with Gasteiger partial charge in [0.05, 0.1) is 11.3 Å². The van der Waals surface area contributed by atoms with Crippen LogP contribution in [0.3, 0.4) is 0 Å². The number of hydrogen-bond acceptors (Lipinski definition) is 2. The predicted octanol–water partition coefficient (Wildman–Crippen LogP) is 12.1. The normalized spacial score (nSPS) is 15.0. The second-order valence-electron chi connectivity index (χ2n) is 18.0. The molecule has 0 saturated carbocycles. The van der Waals surface area contributed by atoms with Crippen molar-refractivity contribution in [2.75, 3.05) is 0 Å². The average molecular weight is 885 g/mol. The van der Waals surface area contributed by atoms with Gasteiger partial charge in [0.1, 0.15) is 5.82 Å². The summed E-state index contributed by atoms with van der Waals surface area (Å²) in [7, 11) is 0. The maximum Gasteiger partial charge on any atom is 2.00 e. The van der Waals surface area contributed by atoms with Crippen LogP contribution >= 0.6 is 0 Å². The minimum absolute atomic E-state index is 0. The minimum atomic E-state index is -0.0262. The van der Waals surface area contributed by atoms with Gasteiger partial charge >= 0.3 is 21.1 Å². The first kappa shape index (κ1) is 38.8. The van der Waals surface area contributed by atoms with Crippen LogP contribution in [0.25, 0.3) is 44.5 Å². The molecule has 5 heterocycles. The van der Waals surface area contributed by atoms with E-state index in [0.29, 0.717) is 11.8 Å². The fourth-order valence-corrected chi connectivity index (χ4v) is 7.89. The quantitative estimate of drug-likeness (QED) is 0.128. The van der Waals surface area contributed by atoms with Crippen LogP contribution in [0.4, 0.5) is 0 Å². The molecule has 7 aromatic rings. The predicted molar refractivity (Wildman–Crippen MR) is 218 cm³/mol. The summed E-state index contributed by atoms with van der Waals surface area (Å²) < 4.78 is 4.61. The summed E-state index contributed by atoms with van der Waals surface area (Å²) in [4.78, 5) is 14.6. The number of nitrogens with zero attached hydrogens (tertiary/aromatic N) is 5. The number of benzene rings is 3. The van der Waals surface area contributed by atoms with Gasteiger partial charge in [0.15, 0.2) is 0 Å².